The Morgan fingerprint density at radius 1 is 1.47 bits per heavy atom. The van der Waals surface area contributed by atoms with E-state index in [-0.39, 0.29) is 5.41 Å². The van der Waals surface area contributed by atoms with Gasteiger partial charge >= 0.3 is 0 Å². The molecule has 1 aliphatic rings. The van der Waals surface area contributed by atoms with E-state index >= 15 is 0 Å². The maximum absolute atomic E-state index is 3.89. The zero-order chi connectivity index (χ0) is 10.7. The molecule has 0 aromatic heterocycles. The molecule has 1 fully saturated rings. The molecule has 1 heteroatoms. The SMILES string of the molecule is C=CC[C@@]1(c2ccccc2)CN[C@@H](C)C1. The third-order valence-electron chi connectivity index (χ3n) is 3.41. The molecule has 0 bridgehead atoms. The largest absolute Gasteiger partial charge is 0.313 e. The van der Waals surface area contributed by atoms with Gasteiger partial charge in [-0.2, -0.15) is 0 Å². The Bertz CT molecular complexity index is 330. The molecule has 0 aliphatic carbocycles. The van der Waals surface area contributed by atoms with Crippen LogP contribution in [-0.4, -0.2) is 12.6 Å². The second kappa shape index (κ2) is 4.19. The fraction of sp³-hybridized carbons (Fsp3) is 0.429. The average molecular weight is 201 g/mol. The summed E-state index contributed by atoms with van der Waals surface area (Å²) in [4.78, 5) is 0. The summed E-state index contributed by atoms with van der Waals surface area (Å²) < 4.78 is 0. The zero-order valence-electron chi connectivity index (χ0n) is 9.37. The summed E-state index contributed by atoms with van der Waals surface area (Å²) in [6.45, 7) is 7.22. The van der Waals surface area contributed by atoms with E-state index in [0.717, 1.165) is 13.0 Å². The monoisotopic (exact) mass is 201 g/mol. The highest BCUT2D eigenvalue weighted by Crippen LogP contribution is 2.36. The highest BCUT2D eigenvalue weighted by atomic mass is 15.0. The number of nitrogens with one attached hydrogen (secondary N) is 1. The number of hydrogen-bond donors (Lipinski definition) is 1. The number of rotatable bonds is 3. The second-order valence-electron chi connectivity index (χ2n) is 4.63. The fourth-order valence-electron chi connectivity index (χ4n) is 2.66. The molecule has 0 radical (unpaired) electrons. The highest BCUT2D eigenvalue weighted by molar-refractivity contribution is 5.29. The second-order valence-corrected chi connectivity index (χ2v) is 4.63. The lowest BCUT2D eigenvalue weighted by atomic mass is 9.76. The van der Waals surface area contributed by atoms with Crippen LogP contribution >= 0.6 is 0 Å². The predicted molar refractivity (Wildman–Crippen MR) is 65.0 cm³/mol. The van der Waals surface area contributed by atoms with Crippen molar-refractivity contribution in [3.8, 4) is 0 Å². The summed E-state index contributed by atoms with van der Waals surface area (Å²) in [7, 11) is 0. The molecular formula is C14H19N. The molecule has 1 heterocycles. The molecule has 2 atom stereocenters. The minimum Gasteiger partial charge on any atom is -0.313 e. The Morgan fingerprint density at radius 2 is 2.20 bits per heavy atom. The van der Waals surface area contributed by atoms with Gasteiger partial charge in [-0.25, -0.2) is 0 Å². The molecule has 1 N–H and O–H groups in total. The van der Waals surface area contributed by atoms with Crippen LogP contribution < -0.4 is 5.32 Å². The van der Waals surface area contributed by atoms with Gasteiger partial charge in [0.2, 0.25) is 0 Å². The first kappa shape index (κ1) is 10.4. The smallest absolute Gasteiger partial charge is 0.0127 e. The van der Waals surface area contributed by atoms with Crippen LogP contribution in [0.1, 0.15) is 25.3 Å². The van der Waals surface area contributed by atoms with E-state index < -0.39 is 0 Å². The summed E-state index contributed by atoms with van der Waals surface area (Å²) in [5.74, 6) is 0. The van der Waals surface area contributed by atoms with Crippen molar-refractivity contribution in [2.24, 2.45) is 0 Å². The number of benzene rings is 1. The quantitative estimate of drug-likeness (QED) is 0.741. The molecule has 0 amide bonds. The Balaban J connectivity index is 2.31. The van der Waals surface area contributed by atoms with Crippen LogP contribution in [0.15, 0.2) is 43.0 Å². The first-order chi connectivity index (χ1) is 7.27. The van der Waals surface area contributed by atoms with Crippen LogP contribution in [0, 0.1) is 0 Å². The molecule has 1 saturated heterocycles. The van der Waals surface area contributed by atoms with Gasteiger partial charge in [0.25, 0.3) is 0 Å². The molecule has 1 aromatic carbocycles. The minimum absolute atomic E-state index is 0.280. The zero-order valence-corrected chi connectivity index (χ0v) is 9.37. The van der Waals surface area contributed by atoms with Gasteiger partial charge in [0.1, 0.15) is 0 Å². The lowest BCUT2D eigenvalue weighted by Gasteiger charge is -2.27. The van der Waals surface area contributed by atoms with Gasteiger partial charge in [0.05, 0.1) is 0 Å². The van der Waals surface area contributed by atoms with E-state index in [1.807, 2.05) is 6.08 Å². The van der Waals surface area contributed by atoms with Gasteiger partial charge in [0, 0.05) is 18.0 Å². The van der Waals surface area contributed by atoms with Crippen molar-refractivity contribution < 1.29 is 0 Å². The van der Waals surface area contributed by atoms with Crippen LogP contribution in [0.2, 0.25) is 0 Å². The standard InChI is InChI=1S/C14H19N/c1-3-9-14(10-12(2)15-11-14)13-7-5-4-6-8-13/h3-8,12,15H,1,9-11H2,2H3/t12-,14-/m0/s1. The van der Waals surface area contributed by atoms with Crippen molar-refractivity contribution in [3.63, 3.8) is 0 Å². The van der Waals surface area contributed by atoms with Gasteiger partial charge < -0.3 is 5.32 Å². The van der Waals surface area contributed by atoms with Crippen molar-refractivity contribution in [2.75, 3.05) is 6.54 Å². The Morgan fingerprint density at radius 3 is 2.73 bits per heavy atom. The van der Waals surface area contributed by atoms with E-state index in [1.165, 1.54) is 12.0 Å². The maximum atomic E-state index is 3.89. The first-order valence-corrected chi connectivity index (χ1v) is 5.67. The number of hydrogen-bond acceptors (Lipinski definition) is 1. The summed E-state index contributed by atoms with van der Waals surface area (Å²) in [5.41, 5.74) is 1.73. The van der Waals surface area contributed by atoms with Crippen LogP contribution in [0.5, 0.6) is 0 Å². The van der Waals surface area contributed by atoms with Crippen LogP contribution in [0.25, 0.3) is 0 Å². The fourth-order valence-corrected chi connectivity index (χ4v) is 2.66. The lowest BCUT2D eigenvalue weighted by molar-refractivity contribution is 0.468. The third kappa shape index (κ3) is 1.98. The average Bonchev–Trinajstić information content (AvgIpc) is 2.63. The van der Waals surface area contributed by atoms with Gasteiger partial charge in [-0.1, -0.05) is 36.4 Å². The Hall–Kier alpha value is -1.08. The summed E-state index contributed by atoms with van der Waals surface area (Å²) in [6, 6.07) is 11.4. The van der Waals surface area contributed by atoms with Crippen molar-refractivity contribution in [2.45, 2.75) is 31.2 Å². The van der Waals surface area contributed by atoms with Crippen LogP contribution in [0.3, 0.4) is 0 Å². The predicted octanol–water partition coefficient (Wildman–Crippen LogP) is 2.88. The first-order valence-electron chi connectivity index (χ1n) is 5.67. The molecular weight excluding hydrogens is 182 g/mol. The minimum atomic E-state index is 0.280. The molecule has 15 heavy (non-hydrogen) atoms. The molecule has 1 aliphatic heterocycles. The summed E-state index contributed by atoms with van der Waals surface area (Å²) in [6.07, 6.45) is 4.32. The Labute approximate surface area is 92.2 Å². The van der Waals surface area contributed by atoms with Crippen molar-refractivity contribution in [1.82, 2.24) is 5.32 Å². The van der Waals surface area contributed by atoms with Gasteiger partial charge in [-0.15, -0.1) is 6.58 Å². The molecule has 0 spiro atoms. The lowest BCUT2D eigenvalue weighted by Crippen LogP contribution is -2.28. The van der Waals surface area contributed by atoms with Crippen molar-refractivity contribution in [3.05, 3.63) is 48.6 Å². The van der Waals surface area contributed by atoms with E-state index in [2.05, 4.69) is 49.2 Å². The summed E-state index contributed by atoms with van der Waals surface area (Å²) in [5, 5.41) is 3.55. The Kier molecular flexibility index (Phi) is 2.92. The van der Waals surface area contributed by atoms with Gasteiger partial charge in [-0.3, -0.25) is 0 Å². The molecule has 80 valence electrons. The molecule has 0 unspecified atom stereocenters. The maximum Gasteiger partial charge on any atom is 0.0127 e. The molecule has 2 rings (SSSR count). The third-order valence-corrected chi connectivity index (χ3v) is 3.41. The van der Waals surface area contributed by atoms with Gasteiger partial charge in [-0.05, 0) is 25.3 Å². The van der Waals surface area contributed by atoms with Crippen molar-refractivity contribution in [1.29, 1.82) is 0 Å². The van der Waals surface area contributed by atoms with Crippen molar-refractivity contribution >= 4 is 0 Å². The number of allylic oxidation sites excluding steroid dienone is 1. The van der Waals surface area contributed by atoms with E-state index in [9.17, 15) is 0 Å². The molecule has 0 saturated carbocycles. The van der Waals surface area contributed by atoms with E-state index in [4.69, 9.17) is 0 Å². The summed E-state index contributed by atoms with van der Waals surface area (Å²) >= 11 is 0. The molecule has 1 aromatic rings. The molecule has 1 nitrogen and oxygen atoms in total. The van der Waals surface area contributed by atoms with Crippen LogP contribution in [0.4, 0.5) is 0 Å². The highest BCUT2D eigenvalue weighted by Gasteiger charge is 2.37. The van der Waals surface area contributed by atoms with Gasteiger partial charge in [0.15, 0.2) is 0 Å². The van der Waals surface area contributed by atoms with Crippen LogP contribution in [-0.2, 0) is 5.41 Å². The topological polar surface area (TPSA) is 12.0 Å². The normalized spacial score (nSPS) is 30.3. The van der Waals surface area contributed by atoms with E-state index in [1.54, 1.807) is 0 Å². The van der Waals surface area contributed by atoms with E-state index in [0.29, 0.717) is 6.04 Å².